The van der Waals surface area contributed by atoms with E-state index in [9.17, 15) is 9.59 Å². The molecule has 0 aromatic rings. The van der Waals surface area contributed by atoms with Gasteiger partial charge < -0.3 is 15.1 Å². The van der Waals surface area contributed by atoms with Gasteiger partial charge in [-0.05, 0) is 33.1 Å². The van der Waals surface area contributed by atoms with Crippen LogP contribution in [0.5, 0.6) is 0 Å². The normalized spacial score (nSPS) is 17.3. The van der Waals surface area contributed by atoms with Crippen LogP contribution in [0.3, 0.4) is 0 Å². The topological polar surface area (TPSA) is 52.6 Å². The summed E-state index contributed by atoms with van der Waals surface area (Å²) in [5, 5.41) is 2.90. The lowest BCUT2D eigenvalue weighted by Crippen LogP contribution is -2.47. The van der Waals surface area contributed by atoms with E-state index in [1.54, 1.807) is 0 Å². The Morgan fingerprint density at radius 3 is 2.26 bits per heavy atom. The second kappa shape index (κ2) is 8.67. The Labute approximate surface area is 141 Å². The van der Waals surface area contributed by atoms with Gasteiger partial charge in [0.2, 0.25) is 11.8 Å². The van der Waals surface area contributed by atoms with Gasteiger partial charge in [0.15, 0.2) is 0 Å². The Bertz CT molecular complexity index is 394. The number of carbonyl (C=O) groups excluding carboxylic acids is 2. The van der Waals surface area contributed by atoms with Gasteiger partial charge in [0, 0.05) is 50.6 Å². The molecule has 1 N–H and O–H groups in total. The lowest BCUT2D eigenvalue weighted by Gasteiger charge is -2.38. The van der Waals surface area contributed by atoms with Crippen molar-refractivity contribution in [3.8, 4) is 0 Å². The van der Waals surface area contributed by atoms with Crippen LogP contribution in [-0.2, 0) is 9.59 Å². The van der Waals surface area contributed by atoms with E-state index in [2.05, 4.69) is 24.1 Å². The second-order valence-corrected chi connectivity index (χ2v) is 7.97. The third-order valence-electron chi connectivity index (χ3n) is 4.70. The quantitative estimate of drug-likeness (QED) is 0.762. The van der Waals surface area contributed by atoms with Crippen LogP contribution < -0.4 is 5.32 Å². The molecular formula is C18H35N3O2. The maximum Gasteiger partial charge on any atom is 0.225 e. The van der Waals surface area contributed by atoms with Crippen LogP contribution in [0.25, 0.3) is 0 Å². The monoisotopic (exact) mass is 325 g/mol. The summed E-state index contributed by atoms with van der Waals surface area (Å²) in [5.74, 6) is 0.234. The van der Waals surface area contributed by atoms with Crippen LogP contribution in [-0.4, -0.2) is 60.4 Å². The smallest absolute Gasteiger partial charge is 0.225 e. The maximum atomic E-state index is 12.3. The first-order valence-corrected chi connectivity index (χ1v) is 8.91. The van der Waals surface area contributed by atoms with Crippen molar-refractivity contribution in [2.75, 3.05) is 26.7 Å². The maximum absolute atomic E-state index is 12.3. The number of hydrogen-bond acceptors (Lipinski definition) is 3. The van der Waals surface area contributed by atoms with E-state index in [-0.39, 0.29) is 17.2 Å². The summed E-state index contributed by atoms with van der Waals surface area (Å²) >= 11 is 0. The van der Waals surface area contributed by atoms with Gasteiger partial charge in [-0.1, -0.05) is 20.8 Å². The molecule has 2 amide bonds. The number of nitrogens with one attached hydrogen (secondary N) is 1. The van der Waals surface area contributed by atoms with Crippen LogP contribution in [0.15, 0.2) is 0 Å². The number of carbonyl (C=O) groups is 2. The summed E-state index contributed by atoms with van der Waals surface area (Å²) in [7, 11) is 1.92. The zero-order valence-electron chi connectivity index (χ0n) is 15.8. The Morgan fingerprint density at radius 2 is 1.78 bits per heavy atom. The summed E-state index contributed by atoms with van der Waals surface area (Å²) in [6.45, 7) is 12.8. The third-order valence-corrected chi connectivity index (χ3v) is 4.70. The predicted octanol–water partition coefficient (Wildman–Crippen LogP) is 2.26. The molecule has 1 saturated heterocycles. The Morgan fingerprint density at radius 1 is 1.22 bits per heavy atom. The number of piperidine rings is 1. The molecule has 0 unspecified atom stereocenters. The average molecular weight is 325 g/mol. The fourth-order valence-electron chi connectivity index (χ4n) is 2.88. The van der Waals surface area contributed by atoms with Crippen molar-refractivity contribution < 1.29 is 9.59 Å². The summed E-state index contributed by atoms with van der Waals surface area (Å²) in [4.78, 5) is 28.5. The van der Waals surface area contributed by atoms with E-state index in [4.69, 9.17) is 0 Å². The molecule has 0 spiro atoms. The van der Waals surface area contributed by atoms with E-state index >= 15 is 0 Å². The number of likely N-dealkylation sites (tertiary alicyclic amines) is 1. The molecule has 23 heavy (non-hydrogen) atoms. The molecule has 1 fully saturated rings. The zero-order valence-corrected chi connectivity index (χ0v) is 15.8. The highest BCUT2D eigenvalue weighted by atomic mass is 16.2. The molecule has 134 valence electrons. The zero-order chi connectivity index (χ0) is 17.6. The Balaban J connectivity index is 2.26. The molecule has 0 aromatic heterocycles. The molecule has 1 heterocycles. The van der Waals surface area contributed by atoms with Gasteiger partial charge >= 0.3 is 0 Å². The SMILES string of the molecule is CC(C)N1CCC(N(C)C(=O)CCCNC(=O)C(C)(C)C)CC1. The van der Waals surface area contributed by atoms with Crippen molar-refractivity contribution in [3.63, 3.8) is 0 Å². The first kappa shape index (κ1) is 19.9. The van der Waals surface area contributed by atoms with E-state index in [1.165, 1.54) is 0 Å². The number of nitrogens with zero attached hydrogens (tertiary/aromatic N) is 2. The fourth-order valence-corrected chi connectivity index (χ4v) is 2.88. The highest BCUT2D eigenvalue weighted by Gasteiger charge is 2.26. The number of amides is 2. The van der Waals surface area contributed by atoms with E-state index in [0.717, 1.165) is 25.9 Å². The van der Waals surface area contributed by atoms with Crippen LogP contribution in [0.4, 0.5) is 0 Å². The van der Waals surface area contributed by atoms with E-state index < -0.39 is 0 Å². The minimum atomic E-state index is -0.370. The summed E-state index contributed by atoms with van der Waals surface area (Å²) < 4.78 is 0. The second-order valence-electron chi connectivity index (χ2n) is 7.97. The van der Waals surface area contributed by atoms with Crippen LogP contribution >= 0.6 is 0 Å². The summed E-state index contributed by atoms with van der Waals surface area (Å²) in [5.41, 5.74) is -0.370. The van der Waals surface area contributed by atoms with Gasteiger partial charge in [0.25, 0.3) is 0 Å². The van der Waals surface area contributed by atoms with E-state index in [1.807, 2.05) is 32.7 Å². The van der Waals surface area contributed by atoms with E-state index in [0.29, 0.717) is 31.5 Å². The number of rotatable bonds is 6. The van der Waals surface area contributed by atoms with Crippen molar-refractivity contribution in [2.24, 2.45) is 5.41 Å². The molecule has 1 rings (SSSR count). The largest absolute Gasteiger partial charge is 0.356 e. The van der Waals surface area contributed by atoms with Crippen molar-refractivity contribution in [3.05, 3.63) is 0 Å². The molecule has 0 bridgehead atoms. The lowest BCUT2D eigenvalue weighted by atomic mass is 9.96. The molecule has 0 aromatic carbocycles. The van der Waals surface area contributed by atoms with Gasteiger partial charge in [-0.2, -0.15) is 0 Å². The Hall–Kier alpha value is -1.10. The van der Waals surface area contributed by atoms with Gasteiger partial charge in [-0.3, -0.25) is 9.59 Å². The molecule has 0 atom stereocenters. The molecule has 1 aliphatic heterocycles. The lowest BCUT2D eigenvalue weighted by molar-refractivity contribution is -0.133. The first-order valence-electron chi connectivity index (χ1n) is 8.91. The first-order chi connectivity index (χ1) is 10.6. The highest BCUT2D eigenvalue weighted by molar-refractivity contribution is 5.81. The highest BCUT2D eigenvalue weighted by Crippen LogP contribution is 2.18. The van der Waals surface area contributed by atoms with Crippen molar-refractivity contribution in [1.82, 2.24) is 15.1 Å². The minimum absolute atomic E-state index is 0.0411. The van der Waals surface area contributed by atoms with Crippen LogP contribution in [0.1, 0.15) is 60.3 Å². The van der Waals surface area contributed by atoms with Gasteiger partial charge in [0.1, 0.15) is 0 Å². The van der Waals surface area contributed by atoms with Gasteiger partial charge in [-0.25, -0.2) is 0 Å². The average Bonchev–Trinajstić information content (AvgIpc) is 2.49. The molecule has 0 aliphatic carbocycles. The molecule has 5 nitrogen and oxygen atoms in total. The van der Waals surface area contributed by atoms with Gasteiger partial charge in [0.05, 0.1) is 0 Å². The van der Waals surface area contributed by atoms with Crippen molar-refractivity contribution in [2.45, 2.75) is 72.4 Å². The standard InChI is InChI=1S/C18H35N3O2/c1-14(2)21-12-9-15(10-13-21)20(6)16(22)8-7-11-19-17(23)18(3,4)5/h14-15H,7-13H2,1-6H3,(H,19,23). The van der Waals surface area contributed by atoms with Crippen molar-refractivity contribution in [1.29, 1.82) is 0 Å². The molecule has 0 radical (unpaired) electrons. The summed E-state index contributed by atoms with van der Waals surface area (Å²) in [6.07, 6.45) is 3.32. The fraction of sp³-hybridized carbons (Fsp3) is 0.889. The van der Waals surface area contributed by atoms with Gasteiger partial charge in [-0.15, -0.1) is 0 Å². The molecule has 0 saturated carbocycles. The predicted molar refractivity (Wildman–Crippen MR) is 94.2 cm³/mol. The third kappa shape index (κ3) is 6.50. The van der Waals surface area contributed by atoms with Crippen LogP contribution in [0.2, 0.25) is 0 Å². The minimum Gasteiger partial charge on any atom is -0.356 e. The van der Waals surface area contributed by atoms with Crippen molar-refractivity contribution >= 4 is 11.8 Å². The molecular weight excluding hydrogens is 290 g/mol. The molecule has 1 aliphatic rings. The van der Waals surface area contributed by atoms with Crippen LogP contribution in [0, 0.1) is 5.41 Å². The molecule has 5 heteroatoms. The number of hydrogen-bond donors (Lipinski definition) is 1. The summed E-state index contributed by atoms with van der Waals surface area (Å²) in [6, 6.07) is 0.949. The Kier molecular flexibility index (Phi) is 7.52.